The Bertz CT molecular complexity index is 316. The molecule has 0 unspecified atom stereocenters. The van der Waals surface area contributed by atoms with Crippen molar-refractivity contribution in [3.05, 3.63) is 34.3 Å². The molecule has 0 fully saturated rings. The Kier molecular flexibility index (Phi) is 1.98. The molecular weight excluding hydrogens is 144 g/mol. The summed E-state index contributed by atoms with van der Waals surface area (Å²) in [6, 6.07) is 0. The molecular formula is C8H10O3. The zero-order valence-electron chi connectivity index (χ0n) is 6.64. The quantitative estimate of drug-likeness (QED) is 0.608. The van der Waals surface area contributed by atoms with E-state index >= 15 is 0 Å². The molecule has 0 aromatic carbocycles. The second-order valence-electron chi connectivity index (χ2n) is 2.57. The van der Waals surface area contributed by atoms with Gasteiger partial charge in [-0.2, -0.15) is 0 Å². The maximum Gasteiger partial charge on any atom is 0.519 e. The van der Waals surface area contributed by atoms with E-state index in [0.29, 0.717) is 17.9 Å². The van der Waals surface area contributed by atoms with Crippen LogP contribution < -0.4 is 5.82 Å². The van der Waals surface area contributed by atoms with Crippen molar-refractivity contribution < 1.29 is 8.83 Å². The summed E-state index contributed by atoms with van der Waals surface area (Å²) in [5, 5.41) is 0. The summed E-state index contributed by atoms with van der Waals surface area (Å²) in [6.45, 7) is 7.26. The molecule has 0 aliphatic heterocycles. The minimum atomic E-state index is -0.640. The first kappa shape index (κ1) is 7.85. The third kappa shape index (κ3) is 1.83. The highest BCUT2D eigenvalue weighted by atomic mass is 16.6. The Labute approximate surface area is 64.3 Å². The molecule has 0 N–H and O–H groups in total. The van der Waals surface area contributed by atoms with Crippen LogP contribution in [0.15, 0.2) is 25.8 Å². The van der Waals surface area contributed by atoms with Gasteiger partial charge in [-0.3, -0.25) is 0 Å². The van der Waals surface area contributed by atoms with Gasteiger partial charge in [0, 0.05) is 6.42 Å². The zero-order chi connectivity index (χ0) is 8.43. The van der Waals surface area contributed by atoms with Gasteiger partial charge in [-0.25, -0.2) is 4.79 Å². The fourth-order valence-electron chi connectivity index (χ4n) is 0.810. The van der Waals surface area contributed by atoms with Crippen LogP contribution >= 0.6 is 0 Å². The predicted molar refractivity (Wildman–Crippen MR) is 40.5 cm³/mol. The average Bonchev–Trinajstić information content (AvgIpc) is 2.09. The Morgan fingerprint density at radius 1 is 1.55 bits per heavy atom. The van der Waals surface area contributed by atoms with E-state index in [1.54, 1.807) is 6.92 Å². The van der Waals surface area contributed by atoms with Crippen LogP contribution in [-0.2, 0) is 6.42 Å². The first-order valence-corrected chi connectivity index (χ1v) is 3.33. The summed E-state index contributed by atoms with van der Waals surface area (Å²) in [5.74, 6) is 0.472. The molecule has 0 radical (unpaired) electrons. The fourth-order valence-corrected chi connectivity index (χ4v) is 0.810. The molecule has 1 rings (SSSR count). The normalized spacial score (nSPS) is 10.0. The lowest BCUT2D eigenvalue weighted by atomic mass is 10.2. The molecule has 0 spiro atoms. The van der Waals surface area contributed by atoms with Gasteiger partial charge in [-0.1, -0.05) is 12.2 Å². The molecule has 0 amide bonds. The van der Waals surface area contributed by atoms with Crippen molar-refractivity contribution in [1.82, 2.24) is 0 Å². The summed E-state index contributed by atoms with van der Waals surface area (Å²) >= 11 is 0. The highest BCUT2D eigenvalue weighted by Crippen LogP contribution is 2.09. The molecule has 11 heavy (non-hydrogen) atoms. The van der Waals surface area contributed by atoms with E-state index in [-0.39, 0.29) is 0 Å². The van der Waals surface area contributed by atoms with E-state index in [9.17, 15) is 4.79 Å². The van der Waals surface area contributed by atoms with Crippen LogP contribution in [0, 0.1) is 6.92 Å². The number of hydrogen-bond donors (Lipinski definition) is 0. The lowest BCUT2D eigenvalue weighted by Gasteiger charge is -1.92. The van der Waals surface area contributed by atoms with Crippen molar-refractivity contribution in [2.45, 2.75) is 20.3 Å². The van der Waals surface area contributed by atoms with Crippen molar-refractivity contribution >= 4 is 0 Å². The summed E-state index contributed by atoms with van der Waals surface area (Å²) < 4.78 is 9.39. The van der Waals surface area contributed by atoms with Gasteiger partial charge in [0.1, 0.15) is 5.76 Å². The molecule has 1 aromatic heterocycles. The summed E-state index contributed by atoms with van der Waals surface area (Å²) in [7, 11) is 0. The van der Waals surface area contributed by atoms with Crippen molar-refractivity contribution in [2.75, 3.05) is 0 Å². The van der Waals surface area contributed by atoms with Crippen LogP contribution in [0.25, 0.3) is 0 Å². The smallest absolute Gasteiger partial charge is 0.396 e. The number of rotatable bonds is 2. The molecule has 0 aliphatic rings. The fraction of sp³-hybridized carbons (Fsp3) is 0.375. The van der Waals surface area contributed by atoms with E-state index in [0.717, 1.165) is 5.57 Å². The Balaban J connectivity index is 2.94. The molecule has 0 bridgehead atoms. The minimum absolute atomic E-state index is 0.540. The monoisotopic (exact) mass is 154 g/mol. The summed E-state index contributed by atoms with van der Waals surface area (Å²) in [4.78, 5) is 10.5. The van der Waals surface area contributed by atoms with Gasteiger partial charge >= 0.3 is 5.82 Å². The molecule has 3 heteroatoms. The molecule has 0 saturated carbocycles. The van der Waals surface area contributed by atoms with Gasteiger partial charge in [-0.05, 0) is 13.8 Å². The van der Waals surface area contributed by atoms with Crippen molar-refractivity contribution in [1.29, 1.82) is 0 Å². The number of hydrogen-bond acceptors (Lipinski definition) is 3. The molecule has 1 heterocycles. The number of allylic oxidation sites excluding steroid dienone is 1. The molecule has 3 nitrogen and oxygen atoms in total. The predicted octanol–water partition coefficient (Wildman–Crippen LogP) is 1.66. The van der Waals surface area contributed by atoms with E-state index < -0.39 is 5.82 Å². The highest BCUT2D eigenvalue weighted by Gasteiger charge is 2.06. The van der Waals surface area contributed by atoms with Crippen LogP contribution in [0.4, 0.5) is 0 Å². The van der Waals surface area contributed by atoms with Crippen molar-refractivity contribution in [3.8, 4) is 0 Å². The third-order valence-corrected chi connectivity index (χ3v) is 1.30. The second-order valence-corrected chi connectivity index (χ2v) is 2.57. The molecule has 0 saturated heterocycles. The third-order valence-electron chi connectivity index (χ3n) is 1.30. The first-order chi connectivity index (χ1) is 5.09. The van der Waals surface area contributed by atoms with Crippen molar-refractivity contribution in [3.63, 3.8) is 0 Å². The van der Waals surface area contributed by atoms with Gasteiger partial charge in [0.25, 0.3) is 0 Å². The summed E-state index contributed by atoms with van der Waals surface area (Å²) in [5.41, 5.74) is 0.942. The minimum Gasteiger partial charge on any atom is -0.396 e. The van der Waals surface area contributed by atoms with E-state index in [4.69, 9.17) is 4.42 Å². The van der Waals surface area contributed by atoms with E-state index in [2.05, 4.69) is 11.0 Å². The second kappa shape index (κ2) is 2.78. The SMILES string of the molecule is C=C(C)Cc1oc(=O)oc1C. The zero-order valence-corrected chi connectivity index (χ0v) is 6.64. The van der Waals surface area contributed by atoms with Gasteiger partial charge in [-0.15, -0.1) is 0 Å². The largest absolute Gasteiger partial charge is 0.519 e. The lowest BCUT2D eigenvalue weighted by Crippen LogP contribution is -1.87. The average molecular weight is 154 g/mol. The van der Waals surface area contributed by atoms with Crippen molar-refractivity contribution in [2.24, 2.45) is 0 Å². The van der Waals surface area contributed by atoms with Gasteiger partial charge < -0.3 is 8.83 Å². The van der Waals surface area contributed by atoms with Crippen LogP contribution in [0.2, 0.25) is 0 Å². The van der Waals surface area contributed by atoms with Gasteiger partial charge in [0.15, 0.2) is 5.76 Å². The first-order valence-electron chi connectivity index (χ1n) is 3.33. The molecule has 0 atom stereocenters. The molecule has 0 aliphatic carbocycles. The molecule has 1 aromatic rings. The Morgan fingerprint density at radius 2 is 2.18 bits per heavy atom. The van der Waals surface area contributed by atoms with Crippen LogP contribution in [-0.4, -0.2) is 0 Å². The molecule has 60 valence electrons. The maximum absolute atomic E-state index is 10.5. The maximum atomic E-state index is 10.5. The van der Waals surface area contributed by atoms with Crippen LogP contribution in [0.1, 0.15) is 18.4 Å². The highest BCUT2D eigenvalue weighted by molar-refractivity contribution is 5.09. The topological polar surface area (TPSA) is 43.4 Å². The Hall–Kier alpha value is -1.25. The standard InChI is InChI=1S/C8H10O3/c1-5(2)4-7-6(3)10-8(9)11-7/h1,4H2,2-3H3. The van der Waals surface area contributed by atoms with Crippen LogP contribution in [0.5, 0.6) is 0 Å². The van der Waals surface area contributed by atoms with Gasteiger partial charge in [0.2, 0.25) is 0 Å². The summed E-state index contributed by atoms with van der Waals surface area (Å²) in [6.07, 6.45) is 0.567. The van der Waals surface area contributed by atoms with Crippen LogP contribution in [0.3, 0.4) is 0 Å². The Morgan fingerprint density at radius 3 is 2.55 bits per heavy atom. The lowest BCUT2D eigenvalue weighted by molar-refractivity contribution is 0.371. The van der Waals surface area contributed by atoms with E-state index in [1.165, 1.54) is 0 Å². The van der Waals surface area contributed by atoms with Gasteiger partial charge in [0.05, 0.1) is 0 Å². The van der Waals surface area contributed by atoms with E-state index in [1.807, 2.05) is 6.92 Å². The number of aryl methyl sites for hydroxylation is 1.